The summed E-state index contributed by atoms with van der Waals surface area (Å²) in [5, 5.41) is 2.12. The largest absolute Gasteiger partial charge is 0.330 e. The lowest BCUT2D eigenvalue weighted by atomic mass is 10.0. The molecule has 0 aliphatic carbocycles. The molecule has 2 aromatic heterocycles. The van der Waals surface area contributed by atoms with Gasteiger partial charge in [0.25, 0.3) is 0 Å². The molecule has 0 aliphatic rings. The molecule has 3 rings (SSSR count). The molecule has 0 N–H and O–H groups in total. The molecule has 0 bridgehead atoms. The van der Waals surface area contributed by atoms with Crippen molar-refractivity contribution < 1.29 is 4.39 Å². The van der Waals surface area contributed by atoms with Gasteiger partial charge in [-0.05, 0) is 41.0 Å². The van der Waals surface area contributed by atoms with E-state index in [-0.39, 0.29) is 5.82 Å². The molecular formula is C20H23FN2S. The summed E-state index contributed by atoms with van der Waals surface area (Å²) < 4.78 is 16.6. The van der Waals surface area contributed by atoms with E-state index in [1.807, 2.05) is 22.9 Å². The minimum atomic E-state index is -0.153. The molecule has 0 radical (unpaired) electrons. The Morgan fingerprint density at radius 1 is 1.21 bits per heavy atom. The van der Waals surface area contributed by atoms with Gasteiger partial charge in [0.2, 0.25) is 0 Å². The maximum absolute atomic E-state index is 14.5. The maximum Gasteiger partial charge on any atom is 0.128 e. The quantitative estimate of drug-likeness (QED) is 0.573. The lowest BCUT2D eigenvalue weighted by molar-refractivity contribution is 0.595. The highest BCUT2D eigenvalue weighted by atomic mass is 32.1. The van der Waals surface area contributed by atoms with Crippen molar-refractivity contribution >= 4 is 11.3 Å². The summed E-state index contributed by atoms with van der Waals surface area (Å²) >= 11 is 1.76. The lowest BCUT2D eigenvalue weighted by Crippen LogP contribution is -2.05. The van der Waals surface area contributed by atoms with Gasteiger partial charge in [0.15, 0.2) is 0 Å². The SMILES string of the molecule is CCc1nccn1Cc1ccc(-c2csc(CC(C)C)c2)cc1F. The van der Waals surface area contributed by atoms with Crippen LogP contribution in [0, 0.1) is 11.7 Å². The third kappa shape index (κ3) is 3.75. The summed E-state index contributed by atoms with van der Waals surface area (Å²) in [5.41, 5.74) is 2.76. The molecule has 2 heterocycles. The van der Waals surface area contributed by atoms with Gasteiger partial charge < -0.3 is 4.57 Å². The summed E-state index contributed by atoms with van der Waals surface area (Å²) in [6.45, 7) is 7.02. The van der Waals surface area contributed by atoms with Crippen molar-refractivity contribution in [3.63, 3.8) is 0 Å². The second-order valence-electron chi connectivity index (χ2n) is 6.53. The van der Waals surface area contributed by atoms with Crippen LogP contribution in [0.2, 0.25) is 0 Å². The van der Waals surface area contributed by atoms with Crippen LogP contribution in [0.25, 0.3) is 11.1 Å². The maximum atomic E-state index is 14.5. The molecule has 0 spiro atoms. The number of thiophene rings is 1. The fourth-order valence-corrected chi connectivity index (χ4v) is 3.99. The fourth-order valence-electron chi connectivity index (χ4n) is 2.88. The Kier molecular flexibility index (Phi) is 5.14. The number of benzene rings is 1. The van der Waals surface area contributed by atoms with Gasteiger partial charge in [-0.1, -0.05) is 32.9 Å². The molecule has 0 fully saturated rings. The average Bonchev–Trinajstić information content (AvgIpc) is 3.17. The summed E-state index contributed by atoms with van der Waals surface area (Å²) in [7, 11) is 0. The normalized spacial score (nSPS) is 11.4. The minimum Gasteiger partial charge on any atom is -0.330 e. The molecule has 0 saturated heterocycles. The van der Waals surface area contributed by atoms with Crippen molar-refractivity contribution in [2.75, 3.05) is 0 Å². The van der Waals surface area contributed by atoms with E-state index in [1.165, 1.54) is 4.88 Å². The fraction of sp³-hybridized carbons (Fsp3) is 0.350. The topological polar surface area (TPSA) is 17.8 Å². The predicted octanol–water partition coefficient (Wildman–Crippen LogP) is 5.56. The van der Waals surface area contributed by atoms with Crippen LogP contribution in [-0.4, -0.2) is 9.55 Å². The zero-order valence-electron chi connectivity index (χ0n) is 14.4. The predicted molar refractivity (Wildman–Crippen MR) is 99.0 cm³/mol. The van der Waals surface area contributed by atoms with E-state index in [2.05, 4.69) is 37.2 Å². The van der Waals surface area contributed by atoms with Crippen LogP contribution in [0.3, 0.4) is 0 Å². The Balaban J connectivity index is 1.80. The molecule has 0 aliphatic heterocycles. The van der Waals surface area contributed by atoms with Gasteiger partial charge in [-0.3, -0.25) is 0 Å². The van der Waals surface area contributed by atoms with Gasteiger partial charge in [-0.25, -0.2) is 9.37 Å². The molecule has 0 atom stereocenters. The van der Waals surface area contributed by atoms with Crippen molar-refractivity contribution in [1.82, 2.24) is 9.55 Å². The number of aromatic nitrogens is 2. The van der Waals surface area contributed by atoms with E-state index >= 15 is 0 Å². The molecular weight excluding hydrogens is 319 g/mol. The van der Waals surface area contributed by atoms with E-state index in [0.717, 1.165) is 29.8 Å². The number of imidazole rings is 1. The molecule has 3 aromatic rings. The van der Waals surface area contributed by atoms with Crippen molar-refractivity contribution in [3.8, 4) is 11.1 Å². The number of nitrogens with zero attached hydrogens (tertiary/aromatic N) is 2. The Bertz CT molecular complexity index is 817. The molecule has 126 valence electrons. The molecule has 0 unspecified atom stereocenters. The standard InChI is InChI=1S/C20H23FN2S/c1-4-20-22-7-8-23(20)12-16-6-5-15(11-19(16)21)17-10-18(24-13-17)9-14(2)3/h5-8,10-11,13-14H,4,9,12H2,1-3H3. The number of aryl methyl sites for hydroxylation is 1. The Morgan fingerprint density at radius 2 is 2.04 bits per heavy atom. The molecule has 1 aromatic carbocycles. The van der Waals surface area contributed by atoms with E-state index in [1.54, 1.807) is 23.6 Å². The average molecular weight is 342 g/mol. The number of hydrogen-bond donors (Lipinski definition) is 0. The summed E-state index contributed by atoms with van der Waals surface area (Å²) in [5.74, 6) is 1.47. The number of hydrogen-bond acceptors (Lipinski definition) is 2. The molecule has 0 saturated carbocycles. The van der Waals surface area contributed by atoms with E-state index < -0.39 is 0 Å². The Labute approximate surface area is 147 Å². The monoisotopic (exact) mass is 342 g/mol. The van der Waals surface area contributed by atoms with Crippen LogP contribution < -0.4 is 0 Å². The third-order valence-electron chi connectivity index (χ3n) is 4.11. The van der Waals surface area contributed by atoms with E-state index in [0.29, 0.717) is 18.0 Å². The summed E-state index contributed by atoms with van der Waals surface area (Å²) in [6, 6.07) is 7.75. The van der Waals surface area contributed by atoms with Crippen LogP contribution in [0.15, 0.2) is 42.0 Å². The highest BCUT2D eigenvalue weighted by Crippen LogP contribution is 2.28. The van der Waals surface area contributed by atoms with Crippen molar-refractivity contribution in [2.45, 2.75) is 40.2 Å². The molecule has 24 heavy (non-hydrogen) atoms. The summed E-state index contributed by atoms with van der Waals surface area (Å²) in [4.78, 5) is 5.65. The first-order chi connectivity index (χ1) is 11.6. The van der Waals surface area contributed by atoms with Gasteiger partial charge in [-0.15, -0.1) is 11.3 Å². The van der Waals surface area contributed by atoms with E-state index in [9.17, 15) is 4.39 Å². The van der Waals surface area contributed by atoms with Crippen LogP contribution in [0.4, 0.5) is 4.39 Å². The Hall–Kier alpha value is -1.94. The van der Waals surface area contributed by atoms with Crippen molar-refractivity contribution in [3.05, 3.63) is 64.1 Å². The first kappa shape index (κ1) is 16.9. The molecule has 4 heteroatoms. The van der Waals surface area contributed by atoms with Crippen molar-refractivity contribution in [1.29, 1.82) is 0 Å². The number of halogens is 1. The highest BCUT2D eigenvalue weighted by Gasteiger charge is 2.10. The molecule has 0 amide bonds. The van der Waals surface area contributed by atoms with Gasteiger partial charge in [0, 0.05) is 29.3 Å². The molecule has 2 nitrogen and oxygen atoms in total. The van der Waals surface area contributed by atoms with Crippen LogP contribution in [0.1, 0.15) is 37.0 Å². The van der Waals surface area contributed by atoms with Gasteiger partial charge >= 0.3 is 0 Å². The third-order valence-corrected chi connectivity index (χ3v) is 5.07. The van der Waals surface area contributed by atoms with Crippen LogP contribution in [-0.2, 0) is 19.4 Å². The van der Waals surface area contributed by atoms with Gasteiger partial charge in [0.05, 0.1) is 6.54 Å². The van der Waals surface area contributed by atoms with Gasteiger partial charge in [-0.2, -0.15) is 0 Å². The first-order valence-electron chi connectivity index (χ1n) is 8.43. The van der Waals surface area contributed by atoms with Crippen molar-refractivity contribution in [2.24, 2.45) is 5.92 Å². The second kappa shape index (κ2) is 7.31. The zero-order chi connectivity index (χ0) is 17.1. The zero-order valence-corrected chi connectivity index (χ0v) is 15.2. The number of rotatable bonds is 6. The van der Waals surface area contributed by atoms with Crippen LogP contribution >= 0.6 is 11.3 Å². The second-order valence-corrected chi connectivity index (χ2v) is 7.53. The summed E-state index contributed by atoms with van der Waals surface area (Å²) in [6.07, 6.45) is 5.60. The lowest BCUT2D eigenvalue weighted by Gasteiger charge is -2.09. The van der Waals surface area contributed by atoms with Crippen LogP contribution in [0.5, 0.6) is 0 Å². The van der Waals surface area contributed by atoms with E-state index in [4.69, 9.17) is 0 Å². The highest BCUT2D eigenvalue weighted by molar-refractivity contribution is 7.10. The smallest absolute Gasteiger partial charge is 0.128 e. The first-order valence-corrected chi connectivity index (χ1v) is 9.31. The van der Waals surface area contributed by atoms with Gasteiger partial charge in [0.1, 0.15) is 11.6 Å². The minimum absolute atomic E-state index is 0.153. The Morgan fingerprint density at radius 3 is 2.75 bits per heavy atom.